The van der Waals surface area contributed by atoms with Crippen LogP contribution in [0.1, 0.15) is 59.2 Å². The molecule has 2 fully saturated rings. The molecule has 0 radical (unpaired) electrons. The van der Waals surface area contributed by atoms with Crippen molar-refractivity contribution in [3.05, 3.63) is 69.7 Å². The van der Waals surface area contributed by atoms with Crippen LogP contribution in [0.5, 0.6) is 0 Å². The van der Waals surface area contributed by atoms with Gasteiger partial charge < -0.3 is 14.7 Å². The Hall–Kier alpha value is -3.28. The third-order valence-electron chi connectivity index (χ3n) is 8.13. The molecule has 0 aromatic heterocycles. The number of carbonyl (C=O) groups is 3. The Morgan fingerprint density at radius 3 is 1.86 bits per heavy atom. The van der Waals surface area contributed by atoms with Gasteiger partial charge in [0, 0.05) is 68.6 Å². The second-order valence-electron chi connectivity index (χ2n) is 10.8. The number of amides is 3. The first-order valence-corrected chi connectivity index (χ1v) is 13.8. The van der Waals surface area contributed by atoms with E-state index in [4.69, 9.17) is 11.6 Å². The van der Waals surface area contributed by atoms with E-state index < -0.39 is 46.9 Å². The van der Waals surface area contributed by atoms with Crippen LogP contribution >= 0.6 is 11.6 Å². The molecule has 2 saturated heterocycles. The zero-order chi connectivity index (χ0) is 31.0. The van der Waals surface area contributed by atoms with Gasteiger partial charge in [0.05, 0.1) is 11.1 Å². The van der Waals surface area contributed by atoms with Crippen LogP contribution in [0.3, 0.4) is 0 Å². The number of hydrogen-bond acceptors (Lipinski definition) is 3. The molecular weight excluding hydrogens is 588 g/mol. The number of rotatable bonds is 4. The minimum atomic E-state index is -5.09. The summed E-state index contributed by atoms with van der Waals surface area (Å²) in [6, 6.07) is 6.93. The number of hydrogen-bond donors (Lipinski definition) is 0. The van der Waals surface area contributed by atoms with Crippen molar-refractivity contribution in [2.75, 3.05) is 33.2 Å². The largest absolute Gasteiger partial charge is 0.416 e. The second kappa shape index (κ2) is 12.1. The summed E-state index contributed by atoms with van der Waals surface area (Å²) in [6.07, 6.45) is -8.91. The smallest absolute Gasteiger partial charge is 0.343 e. The maximum Gasteiger partial charge on any atom is 0.416 e. The molecule has 2 aliphatic heterocycles. The maximum absolute atomic E-state index is 13.5. The van der Waals surface area contributed by atoms with E-state index in [9.17, 15) is 40.7 Å². The Balaban J connectivity index is 1.61. The van der Waals surface area contributed by atoms with Gasteiger partial charge in [-0.15, -0.1) is 0 Å². The predicted octanol–water partition coefficient (Wildman–Crippen LogP) is 6.09. The highest BCUT2D eigenvalue weighted by Crippen LogP contribution is 2.38. The highest BCUT2D eigenvalue weighted by Gasteiger charge is 2.41. The van der Waals surface area contributed by atoms with Crippen molar-refractivity contribution in [1.82, 2.24) is 14.7 Å². The summed E-state index contributed by atoms with van der Waals surface area (Å²) in [5, 5.41) is 0.448. The zero-order valence-electron chi connectivity index (χ0n) is 22.9. The van der Waals surface area contributed by atoms with Gasteiger partial charge in [0.1, 0.15) is 0 Å². The molecule has 2 aromatic rings. The quantitative estimate of drug-likeness (QED) is 0.390. The van der Waals surface area contributed by atoms with Crippen molar-refractivity contribution in [1.29, 1.82) is 0 Å². The molecule has 2 aromatic carbocycles. The fourth-order valence-corrected chi connectivity index (χ4v) is 5.90. The highest BCUT2D eigenvalue weighted by molar-refractivity contribution is 6.30. The van der Waals surface area contributed by atoms with E-state index in [1.807, 2.05) is 0 Å². The van der Waals surface area contributed by atoms with E-state index in [-0.39, 0.29) is 43.3 Å². The fourth-order valence-electron chi connectivity index (χ4n) is 5.77. The van der Waals surface area contributed by atoms with E-state index in [0.29, 0.717) is 48.6 Å². The first kappa shape index (κ1) is 31.7. The maximum atomic E-state index is 13.5. The molecule has 3 amide bonds. The molecule has 2 heterocycles. The normalized spacial score (nSPS) is 20.4. The van der Waals surface area contributed by atoms with E-state index in [2.05, 4.69) is 0 Å². The average Bonchev–Trinajstić information content (AvgIpc) is 2.95. The van der Waals surface area contributed by atoms with Gasteiger partial charge in [-0.3, -0.25) is 14.4 Å². The first-order valence-electron chi connectivity index (χ1n) is 13.4. The topological polar surface area (TPSA) is 60.9 Å². The molecule has 6 nitrogen and oxygen atoms in total. The minimum Gasteiger partial charge on any atom is -0.343 e. The third kappa shape index (κ3) is 7.02. The first-order chi connectivity index (χ1) is 19.6. The molecule has 2 atom stereocenters. The summed E-state index contributed by atoms with van der Waals surface area (Å²) in [5.41, 5.74) is -3.16. The molecule has 0 bridgehead atoms. The van der Waals surface area contributed by atoms with Crippen LogP contribution in [-0.2, 0) is 21.9 Å². The van der Waals surface area contributed by atoms with E-state index >= 15 is 0 Å². The van der Waals surface area contributed by atoms with Crippen LogP contribution in [-0.4, -0.2) is 71.7 Å². The van der Waals surface area contributed by atoms with Crippen LogP contribution in [0, 0.1) is 5.92 Å². The SMILES string of the molecule is CC(=O)N1CCC(C(=O)N2CC[C@@H](N(C)C(=O)c3cc(C(F)(F)F)cc(C(F)(F)F)c3)[C@H](c3ccc(Cl)cc3)C2)CC1. The average molecular weight is 618 g/mol. The summed E-state index contributed by atoms with van der Waals surface area (Å²) in [6.45, 7) is 2.85. The second-order valence-corrected chi connectivity index (χ2v) is 11.2. The third-order valence-corrected chi connectivity index (χ3v) is 8.38. The highest BCUT2D eigenvalue weighted by atomic mass is 35.5. The van der Waals surface area contributed by atoms with Crippen LogP contribution < -0.4 is 0 Å². The number of carbonyl (C=O) groups excluding carboxylic acids is 3. The Labute approximate surface area is 244 Å². The molecule has 0 saturated carbocycles. The summed E-state index contributed by atoms with van der Waals surface area (Å²) in [4.78, 5) is 43.1. The van der Waals surface area contributed by atoms with Gasteiger partial charge in [-0.1, -0.05) is 23.7 Å². The lowest BCUT2D eigenvalue weighted by Gasteiger charge is -2.44. The van der Waals surface area contributed by atoms with Gasteiger partial charge in [-0.2, -0.15) is 26.3 Å². The lowest BCUT2D eigenvalue weighted by Crippen LogP contribution is -2.53. The van der Waals surface area contributed by atoms with Crippen molar-refractivity contribution < 1.29 is 40.7 Å². The lowest BCUT2D eigenvalue weighted by atomic mass is 9.83. The van der Waals surface area contributed by atoms with Gasteiger partial charge >= 0.3 is 12.4 Å². The van der Waals surface area contributed by atoms with E-state index in [0.717, 1.165) is 0 Å². The summed E-state index contributed by atoms with van der Waals surface area (Å²) in [7, 11) is 1.35. The van der Waals surface area contributed by atoms with Crippen molar-refractivity contribution in [2.24, 2.45) is 5.92 Å². The number of benzene rings is 2. The molecule has 0 aliphatic carbocycles. The van der Waals surface area contributed by atoms with Gasteiger partial charge in [0.15, 0.2) is 0 Å². The molecule has 2 aliphatic rings. The standard InChI is InChI=1S/C29H30ClF6N3O3/c1-17(40)38-10-7-19(8-11-38)27(42)39-12-9-25(24(16-39)18-3-5-23(30)6-4-18)37(2)26(41)20-13-21(28(31,32)33)15-22(14-20)29(34,35)36/h3-6,13-15,19,24-25H,7-12,16H2,1-2H3/t24-,25+/m0/s1. The van der Waals surface area contributed by atoms with Gasteiger partial charge in [-0.05, 0) is 55.2 Å². The summed E-state index contributed by atoms with van der Waals surface area (Å²) in [5.74, 6) is -1.91. The van der Waals surface area contributed by atoms with Crippen molar-refractivity contribution in [2.45, 2.75) is 50.5 Å². The number of halogens is 7. The molecule has 0 N–H and O–H groups in total. The van der Waals surface area contributed by atoms with Crippen LogP contribution in [0.15, 0.2) is 42.5 Å². The van der Waals surface area contributed by atoms with Crippen LogP contribution in [0.2, 0.25) is 5.02 Å². The Morgan fingerprint density at radius 1 is 0.833 bits per heavy atom. The fraction of sp³-hybridized carbons (Fsp3) is 0.483. The number of alkyl halides is 6. The van der Waals surface area contributed by atoms with Crippen molar-refractivity contribution in [3.8, 4) is 0 Å². The molecule has 0 unspecified atom stereocenters. The molecule has 42 heavy (non-hydrogen) atoms. The van der Waals surface area contributed by atoms with Crippen LogP contribution in [0.4, 0.5) is 26.3 Å². The summed E-state index contributed by atoms with van der Waals surface area (Å²) >= 11 is 6.06. The van der Waals surface area contributed by atoms with E-state index in [1.54, 1.807) is 34.1 Å². The number of likely N-dealkylation sites (tertiary alicyclic amines) is 2. The van der Waals surface area contributed by atoms with Gasteiger partial charge in [0.25, 0.3) is 5.91 Å². The van der Waals surface area contributed by atoms with Crippen molar-refractivity contribution in [3.63, 3.8) is 0 Å². The number of likely N-dealkylation sites (N-methyl/N-ethyl adjacent to an activating group) is 1. The van der Waals surface area contributed by atoms with Crippen LogP contribution in [0.25, 0.3) is 0 Å². The minimum absolute atomic E-state index is 0.0156. The zero-order valence-corrected chi connectivity index (χ0v) is 23.7. The Bertz CT molecular complexity index is 1290. The lowest BCUT2D eigenvalue weighted by molar-refractivity contribution is -0.143. The van der Waals surface area contributed by atoms with E-state index in [1.165, 1.54) is 18.9 Å². The number of piperidine rings is 2. The van der Waals surface area contributed by atoms with Crippen molar-refractivity contribution >= 4 is 29.3 Å². The molecule has 228 valence electrons. The predicted molar refractivity (Wildman–Crippen MR) is 143 cm³/mol. The summed E-state index contributed by atoms with van der Waals surface area (Å²) < 4.78 is 80.7. The molecule has 4 rings (SSSR count). The Kier molecular flexibility index (Phi) is 9.15. The molecule has 13 heteroatoms. The Morgan fingerprint density at radius 2 is 1.36 bits per heavy atom. The molecular formula is C29H30ClF6N3O3. The monoisotopic (exact) mass is 617 g/mol. The molecule has 0 spiro atoms. The van der Waals surface area contributed by atoms with Gasteiger partial charge in [0.2, 0.25) is 11.8 Å². The number of nitrogens with zero attached hydrogens (tertiary/aromatic N) is 3. The van der Waals surface area contributed by atoms with Gasteiger partial charge in [-0.25, -0.2) is 0 Å².